The average Bonchev–Trinajstić information content (AvgIpc) is 3.15. The van der Waals surface area contributed by atoms with E-state index in [0.29, 0.717) is 10.9 Å². The predicted molar refractivity (Wildman–Crippen MR) is 106 cm³/mol. The molecular formula is C20H23N3O3S. The summed E-state index contributed by atoms with van der Waals surface area (Å²) in [4.78, 5) is 30.7. The van der Waals surface area contributed by atoms with Gasteiger partial charge in [0.05, 0.1) is 11.4 Å². The van der Waals surface area contributed by atoms with E-state index in [1.54, 1.807) is 18.9 Å². The fourth-order valence-electron chi connectivity index (χ4n) is 3.71. The van der Waals surface area contributed by atoms with Gasteiger partial charge in [-0.15, -0.1) is 11.3 Å². The molecule has 27 heavy (non-hydrogen) atoms. The van der Waals surface area contributed by atoms with Crippen LogP contribution < -0.4 is 15.0 Å². The number of thiazole rings is 1. The van der Waals surface area contributed by atoms with Crippen molar-refractivity contribution in [2.75, 3.05) is 17.3 Å². The van der Waals surface area contributed by atoms with Gasteiger partial charge >= 0.3 is 0 Å². The summed E-state index contributed by atoms with van der Waals surface area (Å²) >= 11 is 1.42. The maximum Gasteiger partial charge on any atom is 0.267 e. The van der Waals surface area contributed by atoms with Gasteiger partial charge in [0.25, 0.3) is 5.91 Å². The van der Waals surface area contributed by atoms with Gasteiger partial charge in [0, 0.05) is 23.9 Å². The summed E-state index contributed by atoms with van der Waals surface area (Å²) in [5.74, 6) is 0.801. The van der Waals surface area contributed by atoms with Gasteiger partial charge in [-0.25, -0.2) is 4.98 Å². The molecule has 1 saturated carbocycles. The minimum absolute atomic E-state index is 0.0710. The molecule has 1 aromatic heterocycles. The highest BCUT2D eigenvalue weighted by molar-refractivity contribution is 7.14. The van der Waals surface area contributed by atoms with Crippen molar-refractivity contribution in [1.29, 1.82) is 0 Å². The number of fused-ring (bicyclic) bond motifs is 1. The Bertz CT molecular complexity index is 873. The first-order valence-corrected chi connectivity index (χ1v) is 10.3. The number of benzene rings is 1. The molecular weight excluding hydrogens is 362 g/mol. The van der Waals surface area contributed by atoms with Crippen LogP contribution in [0.1, 0.15) is 39.0 Å². The third-order valence-electron chi connectivity index (χ3n) is 5.31. The Morgan fingerprint density at radius 2 is 2.07 bits per heavy atom. The van der Waals surface area contributed by atoms with Crippen molar-refractivity contribution in [2.45, 2.75) is 45.1 Å². The average molecular weight is 385 g/mol. The van der Waals surface area contributed by atoms with Crippen molar-refractivity contribution in [3.63, 3.8) is 0 Å². The second-order valence-corrected chi connectivity index (χ2v) is 8.06. The lowest BCUT2D eigenvalue weighted by molar-refractivity contribution is -0.125. The maximum absolute atomic E-state index is 12.4. The Morgan fingerprint density at radius 1 is 1.30 bits per heavy atom. The molecule has 1 atom stereocenters. The molecule has 7 heteroatoms. The number of rotatable bonds is 3. The molecule has 6 nitrogen and oxygen atoms in total. The number of aromatic nitrogens is 1. The summed E-state index contributed by atoms with van der Waals surface area (Å²) in [6, 6.07) is 5.70. The molecule has 1 N–H and O–H groups in total. The molecule has 142 valence electrons. The third-order valence-corrected chi connectivity index (χ3v) is 6.07. The van der Waals surface area contributed by atoms with Crippen molar-refractivity contribution >= 4 is 34.0 Å². The molecule has 0 bridgehead atoms. The zero-order chi connectivity index (χ0) is 19.0. The van der Waals surface area contributed by atoms with Crippen LogP contribution in [0.4, 0.5) is 10.8 Å². The van der Waals surface area contributed by atoms with Gasteiger partial charge < -0.3 is 15.0 Å². The standard InChI is InChI=1S/C20H23N3O3S/c1-12-19(25)23(2)16-10-14(8-9-17(16)26-12)15-11-27-20(21-15)22-18(24)13-6-4-3-5-7-13/h8-13H,3-7H2,1-2H3,(H,21,22,24). The van der Waals surface area contributed by atoms with Crippen LogP contribution >= 0.6 is 11.3 Å². The zero-order valence-corrected chi connectivity index (χ0v) is 16.3. The summed E-state index contributed by atoms with van der Waals surface area (Å²) in [5.41, 5.74) is 2.40. The fourth-order valence-corrected chi connectivity index (χ4v) is 4.43. The quantitative estimate of drug-likeness (QED) is 0.864. The van der Waals surface area contributed by atoms with Crippen molar-refractivity contribution in [3.05, 3.63) is 23.6 Å². The van der Waals surface area contributed by atoms with Gasteiger partial charge in [-0.3, -0.25) is 9.59 Å². The van der Waals surface area contributed by atoms with E-state index < -0.39 is 6.10 Å². The van der Waals surface area contributed by atoms with Gasteiger partial charge in [-0.05, 0) is 38.0 Å². The van der Waals surface area contributed by atoms with E-state index in [4.69, 9.17) is 4.74 Å². The van der Waals surface area contributed by atoms with Crippen molar-refractivity contribution < 1.29 is 14.3 Å². The Labute approximate surface area is 162 Å². The van der Waals surface area contributed by atoms with E-state index in [-0.39, 0.29) is 17.7 Å². The molecule has 0 saturated heterocycles. The maximum atomic E-state index is 12.4. The smallest absolute Gasteiger partial charge is 0.267 e. The lowest BCUT2D eigenvalue weighted by atomic mass is 9.89. The highest BCUT2D eigenvalue weighted by Gasteiger charge is 2.29. The number of anilines is 2. The van der Waals surface area contributed by atoms with Gasteiger partial charge in [0.1, 0.15) is 5.75 Å². The van der Waals surface area contributed by atoms with Crippen LogP contribution in [-0.4, -0.2) is 29.9 Å². The predicted octanol–water partition coefficient (Wildman–Crippen LogP) is 4.07. The molecule has 1 aromatic carbocycles. The van der Waals surface area contributed by atoms with Gasteiger partial charge in [-0.2, -0.15) is 0 Å². The summed E-state index contributed by atoms with van der Waals surface area (Å²) in [6.07, 6.45) is 4.94. The van der Waals surface area contributed by atoms with E-state index in [9.17, 15) is 9.59 Å². The monoisotopic (exact) mass is 385 g/mol. The SMILES string of the molecule is CC1Oc2ccc(-c3csc(NC(=O)C4CCCCC4)n3)cc2N(C)C1=O. The molecule has 0 radical (unpaired) electrons. The first-order chi connectivity index (χ1) is 13.0. The molecule has 1 unspecified atom stereocenters. The second kappa shape index (κ2) is 7.31. The van der Waals surface area contributed by atoms with Crippen LogP contribution in [0.3, 0.4) is 0 Å². The number of hydrogen-bond acceptors (Lipinski definition) is 5. The first kappa shape index (κ1) is 18.0. The molecule has 4 rings (SSSR count). The van der Waals surface area contributed by atoms with Gasteiger partial charge in [0.2, 0.25) is 5.91 Å². The molecule has 1 fully saturated rings. The minimum Gasteiger partial charge on any atom is -0.479 e. The van der Waals surface area contributed by atoms with Gasteiger partial charge in [-0.1, -0.05) is 19.3 Å². The Hall–Kier alpha value is -2.41. The second-order valence-electron chi connectivity index (χ2n) is 7.20. The van der Waals surface area contributed by atoms with Crippen molar-refractivity contribution in [3.8, 4) is 17.0 Å². The van der Waals surface area contributed by atoms with E-state index in [2.05, 4.69) is 10.3 Å². The van der Waals surface area contributed by atoms with E-state index in [1.807, 2.05) is 23.6 Å². The van der Waals surface area contributed by atoms with E-state index in [0.717, 1.165) is 42.6 Å². The van der Waals surface area contributed by atoms with Crippen molar-refractivity contribution in [2.24, 2.45) is 5.92 Å². The van der Waals surface area contributed by atoms with Gasteiger partial charge in [0.15, 0.2) is 11.2 Å². The molecule has 0 spiro atoms. The molecule has 2 aromatic rings. The van der Waals surface area contributed by atoms with E-state index >= 15 is 0 Å². The Balaban J connectivity index is 1.52. The van der Waals surface area contributed by atoms with Crippen LogP contribution in [0, 0.1) is 5.92 Å². The lowest BCUT2D eigenvalue weighted by Gasteiger charge is -2.30. The van der Waals surface area contributed by atoms with Crippen LogP contribution in [0.2, 0.25) is 0 Å². The topological polar surface area (TPSA) is 71.5 Å². The first-order valence-electron chi connectivity index (χ1n) is 9.38. The van der Waals surface area contributed by atoms with E-state index in [1.165, 1.54) is 17.8 Å². The molecule has 1 aliphatic carbocycles. The highest BCUT2D eigenvalue weighted by Crippen LogP contribution is 2.37. The normalized spacial score (nSPS) is 20.1. The number of ether oxygens (including phenoxy) is 1. The zero-order valence-electron chi connectivity index (χ0n) is 15.5. The molecule has 2 heterocycles. The number of likely N-dealkylation sites (N-methyl/N-ethyl adjacent to an activating group) is 1. The summed E-state index contributed by atoms with van der Waals surface area (Å²) in [6.45, 7) is 1.75. The summed E-state index contributed by atoms with van der Waals surface area (Å²) < 4.78 is 5.66. The number of carbonyl (C=O) groups excluding carboxylic acids is 2. The largest absolute Gasteiger partial charge is 0.479 e. The van der Waals surface area contributed by atoms with Crippen LogP contribution in [-0.2, 0) is 9.59 Å². The highest BCUT2D eigenvalue weighted by atomic mass is 32.1. The number of nitrogens with zero attached hydrogens (tertiary/aromatic N) is 2. The molecule has 2 aliphatic rings. The number of amides is 2. The van der Waals surface area contributed by atoms with Crippen molar-refractivity contribution in [1.82, 2.24) is 4.98 Å². The summed E-state index contributed by atoms with van der Waals surface area (Å²) in [7, 11) is 1.75. The number of carbonyl (C=O) groups is 2. The van der Waals surface area contributed by atoms with Crippen LogP contribution in [0.25, 0.3) is 11.3 Å². The Kier molecular flexibility index (Phi) is 4.86. The fraction of sp³-hybridized carbons (Fsp3) is 0.450. The third kappa shape index (κ3) is 3.56. The Morgan fingerprint density at radius 3 is 2.85 bits per heavy atom. The molecule has 2 amide bonds. The lowest BCUT2D eigenvalue weighted by Crippen LogP contribution is -2.41. The molecule has 1 aliphatic heterocycles. The summed E-state index contributed by atoms with van der Waals surface area (Å²) in [5, 5.41) is 5.51. The minimum atomic E-state index is -0.478. The van der Waals surface area contributed by atoms with Crippen LogP contribution in [0.15, 0.2) is 23.6 Å². The van der Waals surface area contributed by atoms with Crippen LogP contribution in [0.5, 0.6) is 5.75 Å². The number of nitrogens with one attached hydrogen (secondary N) is 1. The number of hydrogen-bond donors (Lipinski definition) is 1.